The van der Waals surface area contributed by atoms with E-state index in [4.69, 9.17) is 28.9 Å². The lowest BCUT2D eigenvalue weighted by atomic mass is 10.2. The van der Waals surface area contributed by atoms with Crippen molar-refractivity contribution in [3.8, 4) is 0 Å². The van der Waals surface area contributed by atoms with Crippen LogP contribution < -0.4 is 10.5 Å². The van der Waals surface area contributed by atoms with Crippen LogP contribution in [-0.4, -0.2) is 8.42 Å². The van der Waals surface area contributed by atoms with E-state index < -0.39 is 10.0 Å². The first-order valence-corrected chi connectivity index (χ1v) is 7.89. The second kappa shape index (κ2) is 5.52. The standard InChI is InChI=1S/C13H12Cl2N2O2S/c1-8-4-2-6-10(16)13(8)20(18,19)17-11-7-3-5-9(14)12(11)15/h2-7,17H,16H2,1H3. The largest absolute Gasteiger partial charge is 0.398 e. The Morgan fingerprint density at radius 1 is 1.10 bits per heavy atom. The third-order valence-electron chi connectivity index (χ3n) is 2.71. The highest BCUT2D eigenvalue weighted by Crippen LogP contribution is 2.32. The van der Waals surface area contributed by atoms with Crippen LogP contribution in [0.4, 0.5) is 11.4 Å². The molecular formula is C13H12Cl2N2O2S. The molecule has 20 heavy (non-hydrogen) atoms. The van der Waals surface area contributed by atoms with Crippen LogP contribution in [0.1, 0.15) is 5.56 Å². The molecule has 0 aliphatic carbocycles. The molecule has 2 aromatic rings. The summed E-state index contributed by atoms with van der Waals surface area (Å²) in [5.41, 5.74) is 6.69. The van der Waals surface area contributed by atoms with Gasteiger partial charge in [-0.25, -0.2) is 8.42 Å². The molecule has 0 heterocycles. The number of nitrogen functional groups attached to an aromatic ring is 1. The topological polar surface area (TPSA) is 72.2 Å². The zero-order valence-electron chi connectivity index (χ0n) is 10.5. The van der Waals surface area contributed by atoms with Crippen LogP contribution >= 0.6 is 23.2 Å². The molecule has 0 unspecified atom stereocenters. The number of aryl methyl sites for hydroxylation is 1. The highest BCUT2D eigenvalue weighted by molar-refractivity contribution is 7.93. The van der Waals surface area contributed by atoms with E-state index >= 15 is 0 Å². The molecule has 0 saturated heterocycles. The second-order valence-electron chi connectivity index (χ2n) is 4.20. The lowest BCUT2D eigenvalue weighted by Crippen LogP contribution is -2.16. The van der Waals surface area contributed by atoms with E-state index in [2.05, 4.69) is 4.72 Å². The third kappa shape index (κ3) is 2.85. The molecule has 0 fully saturated rings. The van der Waals surface area contributed by atoms with Crippen LogP contribution in [0, 0.1) is 6.92 Å². The molecule has 106 valence electrons. The number of nitrogens with two attached hydrogens (primary N) is 1. The molecule has 3 N–H and O–H groups in total. The van der Waals surface area contributed by atoms with Gasteiger partial charge < -0.3 is 5.73 Å². The number of halogens is 2. The number of rotatable bonds is 3. The Morgan fingerprint density at radius 3 is 2.40 bits per heavy atom. The molecule has 0 bridgehead atoms. The van der Waals surface area contributed by atoms with Crippen molar-refractivity contribution in [3.63, 3.8) is 0 Å². The van der Waals surface area contributed by atoms with Crippen LogP contribution in [0.2, 0.25) is 10.0 Å². The van der Waals surface area contributed by atoms with Crippen molar-refractivity contribution in [2.24, 2.45) is 0 Å². The summed E-state index contributed by atoms with van der Waals surface area (Å²) in [6.07, 6.45) is 0. The quantitative estimate of drug-likeness (QED) is 0.843. The van der Waals surface area contributed by atoms with Crippen molar-refractivity contribution in [1.82, 2.24) is 0 Å². The van der Waals surface area contributed by atoms with Crippen molar-refractivity contribution in [3.05, 3.63) is 52.0 Å². The van der Waals surface area contributed by atoms with Crippen molar-refractivity contribution in [2.45, 2.75) is 11.8 Å². The maximum absolute atomic E-state index is 12.4. The van der Waals surface area contributed by atoms with Gasteiger partial charge in [0.15, 0.2) is 0 Å². The van der Waals surface area contributed by atoms with E-state index in [0.717, 1.165) is 0 Å². The molecular weight excluding hydrogens is 319 g/mol. The van der Waals surface area contributed by atoms with E-state index in [-0.39, 0.29) is 26.3 Å². The number of sulfonamides is 1. The molecule has 0 saturated carbocycles. The van der Waals surface area contributed by atoms with Gasteiger partial charge in [0.25, 0.3) is 10.0 Å². The Kier molecular flexibility index (Phi) is 4.13. The third-order valence-corrected chi connectivity index (χ3v) is 5.11. The highest BCUT2D eigenvalue weighted by Gasteiger charge is 2.21. The Balaban J connectivity index is 2.50. The van der Waals surface area contributed by atoms with Crippen molar-refractivity contribution < 1.29 is 8.42 Å². The number of hydrogen-bond acceptors (Lipinski definition) is 3. The first-order valence-electron chi connectivity index (χ1n) is 5.65. The fourth-order valence-corrected chi connectivity index (χ4v) is 3.66. The average molecular weight is 331 g/mol. The van der Waals surface area contributed by atoms with Gasteiger partial charge in [-0.15, -0.1) is 0 Å². The summed E-state index contributed by atoms with van der Waals surface area (Å²) in [6, 6.07) is 9.60. The normalized spacial score (nSPS) is 11.3. The fraction of sp³-hybridized carbons (Fsp3) is 0.0769. The molecule has 0 atom stereocenters. The predicted molar refractivity (Wildman–Crippen MR) is 82.9 cm³/mol. The molecule has 0 aromatic heterocycles. The molecule has 2 aromatic carbocycles. The van der Waals surface area contributed by atoms with Crippen LogP contribution in [0.5, 0.6) is 0 Å². The highest BCUT2D eigenvalue weighted by atomic mass is 35.5. The maximum atomic E-state index is 12.4. The first kappa shape index (κ1) is 15.0. The molecule has 0 spiro atoms. The predicted octanol–water partition coefficient (Wildman–Crippen LogP) is 3.68. The summed E-state index contributed by atoms with van der Waals surface area (Å²) >= 11 is 11.8. The van der Waals surface area contributed by atoms with Crippen LogP contribution in [0.25, 0.3) is 0 Å². The molecule has 4 nitrogen and oxygen atoms in total. The maximum Gasteiger partial charge on any atom is 0.264 e. The molecule has 0 amide bonds. The van der Waals surface area contributed by atoms with Crippen LogP contribution in [0.15, 0.2) is 41.3 Å². The number of anilines is 2. The zero-order valence-corrected chi connectivity index (χ0v) is 12.9. The Bertz CT molecular complexity index is 741. The minimum atomic E-state index is -3.83. The van der Waals surface area contributed by atoms with Crippen LogP contribution in [0.3, 0.4) is 0 Å². The van der Waals surface area contributed by atoms with Crippen LogP contribution in [-0.2, 0) is 10.0 Å². The van der Waals surface area contributed by atoms with Gasteiger partial charge in [-0.1, -0.05) is 41.4 Å². The van der Waals surface area contributed by atoms with Gasteiger partial charge in [0, 0.05) is 0 Å². The van der Waals surface area contributed by atoms with E-state index in [1.807, 2.05) is 0 Å². The lowest BCUT2D eigenvalue weighted by molar-refractivity contribution is 0.601. The van der Waals surface area contributed by atoms with Crippen molar-refractivity contribution >= 4 is 44.6 Å². The number of nitrogens with one attached hydrogen (secondary N) is 1. The van der Waals surface area contributed by atoms with Crippen molar-refractivity contribution in [2.75, 3.05) is 10.5 Å². The summed E-state index contributed by atoms with van der Waals surface area (Å²) < 4.78 is 27.2. The van der Waals surface area contributed by atoms with Gasteiger partial charge >= 0.3 is 0 Å². The molecule has 7 heteroatoms. The smallest absolute Gasteiger partial charge is 0.264 e. The second-order valence-corrected chi connectivity index (χ2v) is 6.60. The fourth-order valence-electron chi connectivity index (χ4n) is 1.82. The Hall–Kier alpha value is -1.43. The van der Waals surface area contributed by atoms with E-state index in [9.17, 15) is 8.42 Å². The van der Waals surface area contributed by atoms with Gasteiger partial charge in [0.2, 0.25) is 0 Å². The van der Waals surface area contributed by atoms with Gasteiger partial charge in [0.05, 0.1) is 21.4 Å². The van der Waals surface area contributed by atoms with E-state index in [1.54, 1.807) is 31.2 Å². The number of hydrogen-bond donors (Lipinski definition) is 2. The average Bonchev–Trinajstić information content (AvgIpc) is 2.34. The number of benzene rings is 2. The van der Waals surface area contributed by atoms with E-state index in [1.165, 1.54) is 12.1 Å². The Morgan fingerprint density at radius 2 is 1.75 bits per heavy atom. The molecule has 0 aliphatic heterocycles. The minimum absolute atomic E-state index is 0.0380. The minimum Gasteiger partial charge on any atom is -0.398 e. The Labute approximate surface area is 127 Å². The van der Waals surface area contributed by atoms with Gasteiger partial charge in [-0.05, 0) is 30.7 Å². The molecule has 0 aliphatic rings. The molecule has 2 rings (SSSR count). The van der Waals surface area contributed by atoms with Gasteiger partial charge in [-0.3, -0.25) is 4.72 Å². The monoisotopic (exact) mass is 330 g/mol. The summed E-state index contributed by atoms with van der Waals surface area (Å²) in [7, 11) is -3.83. The summed E-state index contributed by atoms with van der Waals surface area (Å²) in [6.45, 7) is 1.67. The van der Waals surface area contributed by atoms with Gasteiger partial charge in [-0.2, -0.15) is 0 Å². The van der Waals surface area contributed by atoms with Crippen molar-refractivity contribution in [1.29, 1.82) is 0 Å². The molecule has 0 radical (unpaired) electrons. The summed E-state index contributed by atoms with van der Waals surface area (Å²) in [5.74, 6) is 0. The lowest BCUT2D eigenvalue weighted by Gasteiger charge is -2.13. The summed E-state index contributed by atoms with van der Waals surface area (Å²) in [4.78, 5) is 0.0380. The first-order chi connectivity index (χ1) is 9.33. The SMILES string of the molecule is Cc1cccc(N)c1S(=O)(=O)Nc1cccc(Cl)c1Cl. The zero-order chi connectivity index (χ0) is 14.9. The van der Waals surface area contributed by atoms with E-state index in [0.29, 0.717) is 5.56 Å². The summed E-state index contributed by atoms with van der Waals surface area (Å²) in [5, 5.41) is 0.412. The van der Waals surface area contributed by atoms with Gasteiger partial charge in [0.1, 0.15) is 4.90 Å².